The van der Waals surface area contributed by atoms with Crippen molar-refractivity contribution in [3.8, 4) is 0 Å². The van der Waals surface area contributed by atoms with E-state index in [-0.39, 0.29) is 12.0 Å². The Morgan fingerprint density at radius 1 is 0.966 bits per heavy atom. The lowest BCUT2D eigenvalue weighted by atomic mass is 10.1. The number of carbonyl (C=O) groups is 2. The van der Waals surface area contributed by atoms with Crippen molar-refractivity contribution in [2.45, 2.75) is 26.4 Å². The number of benzene rings is 2. The second kappa shape index (κ2) is 8.53. The minimum Gasteiger partial charge on any atom is -0.444 e. The molecule has 2 aromatic carbocycles. The fourth-order valence-corrected chi connectivity index (χ4v) is 3.15. The van der Waals surface area contributed by atoms with Crippen LogP contribution in [0.15, 0.2) is 54.6 Å². The third-order valence-electron chi connectivity index (χ3n) is 4.64. The third kappa shape index (κ3) is 5.26. The second-order valence-corrected chi connectivity index (χ2v) is 8.02. The van der Waals surface area contributed by atoms with Gasteiger partial charge in [-0.3, -0.25) is 4.79 Å². The summed E-state index contributed by atoms with van der Waals surface area (Å²) in [6, 6.07) is 16.5. The first-order valence-electron chi connectivity index (χ1n) is 9.72. The average Bonchev–Trinajstić information content (AvgIpc) is 2.72. The zero-order valence-corrected chi connectivity index (χ0v) is 17.2. The Morgan fingerprint density at radius 2 is 1.62 bits per heavy atom. The molecule has 7 nitrogen and oxygen atoms in total. The maximum atomic E-state index is 12.8. The van der Waals surface area contributed by atoms with Gasteiger partial charge in [0.15, 0.2) is 0 Å². The van der Waals surface area contributed by atoms with Gasteiger partial charge < -0.3 is 14.5 Å². The number of nitrogens with zero attached hydrogens (tertiary/aromatic N) is 3. The van der Waals surface area contributed by atoms with E-state index in [0.29, 0.717) is 37.4 Å². The van der Waals surface area contributed by atoms with Crippen LogP contribution in [0.25, 0.3) is 0 Å². The molecule has 7 heteroatoms. The molecular weight excluding hydrogens is 368 g/mol. The van der Waals surface area contributed by atoms with E-state index in [9.17, 15) is 9.59 Å². The van der Waals surface area contributed by atoms with Gasteiger partial charge in [-0.1, -0.05) is 24.3 Å². The van der Waals surface area contributed by atoms with Crippen molar-refractivity contribution in [1.82, 2.24) is 4.90 Å². The summed E-state index contributed by atoms with van der Waals surface area (Å²) >= 11 is 0. The molecule has 0 spiro atoms. The highest BCUT2D eigenvalue weighted by Gasteiger charge is 2.26. The topological polar surface area (TPSA) is 79.1 Å². The molecule has 1 aliphatic heterocycles. The normalized spacial score (nSPS) is 14.5. The Morgan fingerprint density at radius 3 is 2.24 bits per heavy atom. The molecule has 2 N–H and O–H groups in total. The highest BCUT2D eigenvalue weighted by molar-refractivity contribution is 6.05. The zero-order chi connectivity index (χ0) is 21.0. The number of para-hydroxylation sites is 1. The van der Waals surface area contributed by atoms with Crippen LogP contribution in [0.5, 0.6) is 0 Å². The van der Waals surface area contributed by atoms with Crippen LogP contribution in [0.2, 0.25) is 0 Å². The monoisotopic (exact) mass is 396 g/mol. The highest BCUT2D eigenvalue weighted by Crippen LogP contribution is 2.21. The van der Waals surface area contributed by atoms with E-state index in [1.807, 2.05) is 57.2 Å². The lowest BCUT2D eigenvalue weighted by Gasteiger charge is -2.36. The van der Waals surface area contributed by atoms with Gasteiger partial charge in [-0.2, -0.15) is 0 Å². The molecule has 0 unspecified atom stereocenters. The highest BCUT2D eigenvalue weighted by atomic mass is 16.6. The Labute approximate surface area is 171 Å². The maximum absolute atomic E-state index is 12.8. The van der Waals surface area contributed by atoms with Crippen LogP contribution in [0.3, 0.4) is 0 Å². The number of rotatable bonds is 3. The van der Waals surface area contributed by atoms with Crippen LogP contribution < -0.4 is 15.8 Å². The number of amides is 2. The van der Waals surface area contributed by atoms with Gasteiger partial charge in [-0.25, -0.2) is 15.6 Å². The smallest absolute Gasteiger partial charge is 0.410 e. The number of hydrogen-bond acceptors (Lipinski definition) is 5. The molecule has 0 aromatic heterocycles. The van der Waals surface area contributed by atoms with E-state index in [1.54, 1.807) is 23.1 Å². The van der Waals surface area contributed by atoms with Crippen molar-refractivity contribution < 1.29 is 14.3 Å². The molecular formula is C22H28N4O3. The zero-order valence-electron chi connectivity index (χ0n) is 17.2. The summed E-state index contributed by atoms with van der Waals surface area (Å²) in [5.74, 6) is 5.74. The summed E-state index contributed by atoms with van der Waals surface area (Å²) in [4.78, 5) is 28.9. The Hall–Kier alpha value is -3.06. The Kier molecular flexibility index (Phi) is 6.08. The second-order valence-electron chi connectivity index (χ2n) is 8.02. The predicted molar refractivity (Wildman–Crippen MR) is 114 cm³/mol. The number of anilines is 2. The van der Waals surface area contributed by atoms with Crippen LogP contribution >= 0.6 is 0 Å². The summed E-state index contributed by atoms with van der Waals surface area (Å²) in [5.41, 5.74) is 1.58. The number of ether oxygens (including phenoxy) is 1. The molecule has 0 aliphatic carbocycles. The first-order chi connectivity index (χ1) is 13.7. The SMILES string of the molecule is CC(C)(C)OC(=O)N1CCN(c2cccc(C(=O)N(N)c3ccccc3)c2)CC1. The Bertz CT molecular complexity index is 856. The minimum absolute atomic E-state index is 0.273. The van der Waals surface area contributed by atoms with Crippen LogP contribution in [-0.2, 0) is 4.74 Å². The molecule has 1 heterocycles. The molecule has 154 valence electrons. The van der Waals surface area contributed by atoms with E-state index in [1.165, 1.54) is 0 Å². The van der Waals surface area contributed by atoms with Gasteiger partial charge >= 0.3 is 6.09 Å². The van der Waals surface area contributed by atoms with E-state index in [4.69, 9.17) is 10.6 Å². The van der Waals surface area contributed by atoms with Crippen LogP contribution in [0.1, 0.15) is 31.1 Å². The van der Waals surface area contributed by atoms with Crippen molar-refractivity contribution in [3.63, 3.8) is 0 Å². The number of hydrazine groups is 1. The predicted octanol–water partition coefficient (Wildman–Crippen LogP) is 3.26. The molecule has 1 fully saturated rings. The molecule has 0 radical (unpaired) electrons. The average molecular weight is 396 g/mol. The molecule has 2 aromatic rings. The van der Waals surface area contributed by atoms with Crippen molar-refractivity contribution >= 4 is 23.4 Å². The number of piperazine rings is 1. The minimum atomic E-state index is -0.504. The van der Waals surface area contributed by atoms with Crippen LogP contribution in [0, 0.1) is 0 Å². The van der Waals surface area contributed by atoms with E-state index in [0.717, 1.165) is 10.7 Å². The molecule has 1 saturated heterocycles. The fourth-order valence-electron chi connectivity index (χ4n) is 3.15. The summed E-state index contributed by atoms with van der Waals surface area (Å²) in [7, 11) is 0. The molecule has 1 aliphatic rings. The molecule has 0 atom stereocenters. The van der Waals surface area contributed by atoms with Gasteiger partial charge in [0.2, 0.25) is 0 Å². The summed E-state index contributed by atoms with van der Waals surface area (Å²) in [5, 5.41) is 1.15. The molecule has 29 heavy (non-hydrogen) atoms. The third-order valence-corrected chi connectivity index (χ3v) is 4.64. The Balaban J connectivity index is 1.65. The van der Waals surface area contributed by atoms with Gasteiger partial charge in [0.25, 0.3) is 5.91 Å². The largest absolute Gasteiger partial charge is 0.444 e. The fraction of sp³-hybridized carbons (Fsp3) is 0.364. The van der Waals surface area contributed by atoms with E-state index < -0.39 is 5.60 Å². The molecule has 3 rings (SSSR count). The first-order valence-corrected chi connectivity index (χ1v) is 9.72. The maximum Gasteiger partial charge on any atom is 0.410 e. The molecule has 2 amide bonds. The number of hydrogen-bond donors (Lipinski definition) is 1. The van der Waals surface area contributed by atoms with Crippen molar-refractivity contribution in [3.05, 3.63) is 60.2 Å². The summed E-state index contributed by atoms with van der Waals surface area (Å²) in [6.45, 7) is 8.06. The standard InChI is InChI=1S/C22H28N4O3/c1-22(2,3)29-21(28)25-14-12-24(13-15-25)19-11-7-8-17(16-19)20(27)26(23)18-9-5-4-6-10-18/h4-11,16H,12-15,23H2,1-3H3. The molecule has 0 saturated carbocycles. The van der Waals surface area contributed by atoms with Crippen LogP contribution in [0.4, 0.5) is 16.2 Å². The van der Waals surface area contributed by atoms with E-state index >= 15 is 0 Å². The summed E-state index contributed by atoms with van der Waals surface area (Å²) < 4.78 is 5.44. The van der Waals surface area contributed by atoms with E-state index in [2.05, 4.69) is 4.90 Å². The van der Waals surface area contributed by atoms with Crippen molar-refractivity contribution in [2.24, 2.45) is 5.84 Å². The van der Waals surface area contributed by atoms with Crippen LogP contribution in [-0.4, -0.2) is 48.7 Å². The lowest BCUT2D eigenvalue weighted by Crippen LogP contribution is -2.50. The molecule has 0 bridgehead atoms. The first kappa shape index (κ1) is 20.7. The van der Waals surface area contributed by atoms with Gasteiger partial charge in [0, 0.05) is 37.4 Å². The number of nitrogens with two attached hydrogens (primary N) is 1. The van der Waals surface area contributed by atoms with Gasteiger partial charge in [0.1, 0.15) is 5.60 Å². The summed E-state index contributed by atoms with van der Waals surface area (Å²) in [6.07, 6.45) is -0.289. The quantitative estimate of drug-likeness (QED) is 0.489. The number of carbonyl (C=O) groups excluding carboxylic acids is 2. The van der Waals surface area contributed by atoms with Gasteiger partial charge in [-0.15, -0.1) is 0 Å². The van der Waals surface area contributed by atoms with Crippen molar-refractivity contribution in [2.75, 3.05) is 36.1 Å². The van der Waals surface area contributed by atoms with Gasteiger partial charge in [0.05, 0.1) is 5.69 Å². The lowest BCUT2D eigenvalue weighted by molar-refractivity contribution is 0.0240. The van der Waals surface area contributed by atoms with Gasteiger partial charge in [-0.05, 0) is 51.1 Å². The van der Waals surface area contributed by atoms with Crippen molar-refractivity contribution in [1.29, 1.82) is 0 Å².